The second kappa shape index (κ2) is 9.81. The Morgan fingerprint density at radius 1 is 0.400 bits per heavy atom. The van der Waals surface area contributed by atoms with Gasteiger partial charge in [0.25, 0.3) is 0 Å². The molecule has 0 aliphatic carbocycles. The molecule has 5 aromatic carbocycles. The minimum Gasteiger partial charge on any atom is -0.0656 e. The summed E-state index contributed by atoms with van der Waals surface area (Å²) in [5.74, 6) is 0. The van der Waals surface area contributed by atoms with Gasteiger partial charge in [0.15, 0.2) is 0 Å². The Balaban J connectivity index is 2.08. The van der Waals surface area contributed by atoms with Crippen LogP contribution in [0.2, 0.25) is 19.6 Å². The molecule has 0 heterocycles. The van der Waals surface area contributed by atoms with Crippen molar-refractivity contribution >= 4 is 29.2 Å². The maximum absolute atomic E-state index is 4.19. The molecule has 0 bridgehead atoms. The lowest BCUT2D eigenvalue weighted by atomic mass is 9.82. The quantitative estimate of drug-likeness (QED) is 0.197. The number of hydrogen-bond donors (Lipinski definition) is 0. The lowest BCUT2D eigenvalue weighted by molar-refractivity contribution is 1.53. The second-order valence-electron chi connectivity index (χ2n) is 9.90. The summed E-state index contributed by atoms with van der Waals surface area (Å²) in [5, 5.41) is 1.46. The summed E-state index contributed by atoms with van der Waals surface area (Å²) < 4.78 is 1.22. The van der Waals surface area contributed by atoms with E-state index in [-0.39, 0.29) is 0 Å². The molecule has 0 spiro atoms. The first-order valence-electron chi connectivity index (χ1n) is 12.1. The smallest absolute Gasteiger partial charge is 0.0656 e. The molecule has 35 heavy (non-hydrogen) atoms. The number of hydrogen-bond acceptors (Lipinski definition) is 0. The predicted octanol–water partition coefficient (Wildman–Crippen LogP) is 9.66. The Bertz CT molecular complexity index is 1440. The van der Waals surface area contributed by atoms with E-state index >= 15 is 0 Å². The molecular weight excluding hydrogens is 504 g/mol. The second-order valence-corrected chi connectivity index (χ2v) is 15.7. The molecule has 0 unspecified atom stereocenters. The van der Waals surface area contributed by atoms with Crippen LogP contribution >= 0.6 is 15.9 Å². The molecule has 5 aromatic rings. The number of halogens is 1. The zero-order valence-electron chi connectivity index (χ0n) is 20.4. The topological polar surface area (TPSA) is 0 Å². The minimum atomic E-state index is -1.80. The van der Waals surface area contributed by atoms with Crippen LogP contribution < -0.4 is 5.19 Å². The molecule has 0 fully saturated rings. The third kappa shape index (κ3) is 4.56. The minimum absolute atomic E-state index is 1.22. The molecule has 172 valence electrons. The van der Waals surface area contributed by atoms with E-state index in [4.69, 9.17) is 0 Å². The van der Waals surface area contributed by atoms with Gasteiger partial charge in [0.1, 0.15) is 0 Å². The summed E-state index contributed by atoms with van der Waals surface area (Å²) in [7, 11) is -1.80. The van der Waals surface area contributed by atoms with Gasteiger partial charge in [-0.3, -0.25) is 0 Å². The highest BCUT2D eigenvalue weighted by Crippen LogP contribution is 2.48. The van der Waals surface area contributed by atoms with Gasteiger partial charge in [-0.2, -0.15) is 0 Å². The van der Waals surface area contributed by atoms with Crippen LogP contribution in [0.15, 0.2) is 126 Å². The van der Waals surface area contributed by atoms with E-state index in [0.717, 1.165) is 0 Å². The van der Waals surface area contributed by atoms with Crippen LogP contribution in [-0.2, 0) is 0 Å². The zero-order valence-corrected chi connectivity index (χ0v) is 23.0. The van der Waals surface area contributed by atoms with Crippen LogP contribution in [0.1, 0.15) is 0 Å². The molecule has 0 radical (unpaired) electrons. The van der Waals surface area contributed by atoms with Gasteiger partial charge in [-0.05, 0) is 44.1 Å². The van der Waals surface area contributed by atoms with Gasteiger partial charge in [0.05, 0.1) is 8.07 Å². The van der Waals surface area contributed by atoms with Gasteiger partial charge in [0.2, 0.25) is 0 Å². The van der Waals surface area contributed by atoms with Gasteiger partial charge in [-0.1, -0.05) is 157 Å². The molecule has 0 nitrogen and oxygen atoms in total. The maximum atomic E-state index is 4.19. The first-order chi connectivity index (χ1) is 17.0. The van der Waals surface area contributed by atoms with Crippen molar-refractivity contribution in [2.24, 2.45) is 0 Å². The van der Waals surface area contributed by atoms with Crippen molar-refractivity contribution in [2.45, 2.75) is 19.6 Å². The van der Waals surface area contributed by atoms with Crippen LogP contribution in [0.25, 0.3) is 44.5 Å². The summed E-state index contributed by atoms with van der Waals surface area (Å²) in [5.41, 5.74) is 10.2. The van der Waals surface area contributed by atoms with Crippen LogP contribution in [-0.4, -0.2) is 8.07 Å². The van der Waals surface area contributed by atoms with Gasteiger partial charge in [-0.15, -0.1) is 0 Å². The Hall–Kier alpha value is -3.20. The molecule has 0 amide bonds. The highest BCUT2D eigenvalue weighted by Gasteiger charge is 2.32. The van der Waals surface area contributed by atoms with Crippen molar-refractivity contribution in [1.29, 1.82) is 0 Å². The first kappa shape index (κ1) is 23.5. The fourth-order valence-corrected chi connectivity index (χ4v) is 9.19. The van der Waals surface area contributed by atoms with E-state index < -0.39 is 8.07 Å². The highest BCUT2D eigenvalue weighted by atomic mass is 79.9. The van der Waals surface area contributed by atoms with Gasteiger partial charge in [0, 0.05) is 10.0 Å². The standard InChI is InChI=1S/C33H29BrSi/c1-35(2,3)33-31(27-22-14-7-15-23-27)29(25-18-10-5-11-19-25)28(24-16-8-4-9-17-24)30(32(33)34)26-20-12-6-13-21-26/h4-23H,1-3H3. The fraction of sp³-hybridized carbons (Fsp3) is 0.0909. The van der Waals surface area contributed by atoms with Crippen molar-refractivity contribution in [3.05, 3.63) is 126 Å². The molecule has 0 saturated heterocycles. The Kier molecular flexibility index (Phi) is 6.60. The van der Waals surface area contributed by atoms with E-state index in [0.29, 0.717) is 0 Å². The van der Waals surface area contributed by atoms with E-state index in [1.165, 1.54) is 54.2 Å². The average Bonchev–Trinajstić information content (AvgIpc) is 2.89. The molecule has 0 atom stereocenters. The Labute approximate surface area is 218 Å². The largest absolute Gasteiger partial charge is 0.0799 e. The van der Waals surface area contributed by atoms with Crippen molar-refractivity contribution < 1.29 is 0 Å². The highest BCUT2D eigenvalue weighted by molar-refractivity contribution is 9.10. The van der Waals surface area contributed by atoms with E-state index in [1.54, 1.807) is 0 Å². The summed E-state index contributed by atoms with van der Waals surface area (Å²) in [6, 6.07) is 43.5. The van der Waals surface area contributed by atoms with E-state index in [2.05, 4.69) is 157 Å². The molecule has 5 rings (SSSR count). The number of rotatable bonds is 5. The molecule has 0 aromatic heterocycles. The van der Waals surface area contributed by atoms with Gasteiger partial charge >= 0.3 is 0 Å². The maximum Gasteiger partial charge on any atom is 0.0799 e. The average molecular weight is 534 g/mol. The molecular formula is C33H29BrSi. The van der Waals surface area contributed by atoms with E-state index in [1.807, 2.05) is 0 Å². The van der Waals surface area contributed by atoms with E-state index in [9.17, 15) is 0 Å². The predicted molar refractivity (Wildman–Crippen MR) is 159 cm³/mol. The first-order valence-corrected chi connectivity index (χ1v) is 16.4. The molecule has 2 heteroatoms. The number of benzene rings is 5. The SMILES string of the molecule is C[Si](C)(C)c1c(Br)c(-c2ccccc2)c(-c2ccccc2)c(-c2ccccc2)c1-c1ccccc1. The summed E-state index contributed by atoms with van der Waals surface area (Å²) in [6.07, 6.45) is 0. The van der Waals surface area contributed by atoms with Crippen molar-refractivity contribution in [1.82, 2.24) is 0 Å². The van der Waals surface area contributed by atoms with Crippen molar-refractivity contribution in [3.8, 4) is 44.5 Å². The van der Waals surface area contributed by atoms with Gasteiger partial charge in [-0.25, -0.2) is 0 Å². The van der Waals surface area contributed by atoms with Gasteiger partial charge < -0.3 is 0 Å². The Morgan fingerprint density at radius 3 is 1.03 bits per heavy atom. The van der Waals surface area contributed by atoms with Crippen LogP contribution in [0.4, 0.5) is 0 Å². The lowest BCUT2D eigenvalue weighted by Gasteiger charge is -2.31. The summed E-state index contributed by atoms with van der Waals surface area (Å²) in [4.78, 5) is 0. The fourth-order valence-electron chi connectivity index (χ4n) is 4.98. The monoisotopic (exact) mass is 532 g/mol. The van der Waals surface area contributed by atoms with Crippen molar-refractivity contribution in [2.75, 3.05) is 0 Å². The summed E-state index contributed by atoms with van der Waals surface area (Å²) >= 11 is 4.19. The molecule has 0 saturated carbocycles. The van der Waals surface area contributed by atoms with Crippen LogP contribution in [0.3, 0.4) is 0 Å². The third-order valence-corrected chi connectivity index (χ3v) is 9.60. The van der Waals surface area contributed by atoms with Crippen molar-refractivity contribution in [3.63, 3.8) is 0 Å². The lowest BCUT2D eigenvalue weighted by Crippen LogP contribution is -2.41. The van der Waals surface area contributed by atoms with Crippen LogP contribution in [0, 0.1) is 0 Å². The summed E-state index contributed by atoms with van der Waals surface area (Å²) in [6.45, 7) is 7.35. The Morgan fingerprint density at radius 2 is 0.686 bits per heavy atom. The molecule has 0 aliphatic rings. The third-order valence-electron chi connectivity index (χ3n) is 6.44. The molecule has 0 N–H and O–H groups in total. The zero-order chi connectivity index (χ0) is 24.4. The molecule has 0 aliphatic heterocycles. The van der Waals surface area contributed by atoms with Crippen LogP contribution in [0.5, 0.6) is 0 Å². The normalized spacial score (nSPS) is 11.4.